The molecule has 2 heteroatoms. The summed E-state index contributed by atoms with van der Waals surface area (Å²) in [6.07, 6.45) is 0.739. The van der Waals surface area contributed by atoms with Crippen molar-refractivity contribution in [1.29, 1.82) is 0 Å². The van der Waals surface area contributed by atoms with Crippen molar-refractivity contribution < 1.29 is 4.74 Å². The standard InChI is InChI=1S/C25H25NO/c1-3-25(22-17-11-6-12-18-22)26-23(20-13-7-4-8-14-20)19(2)24(27-25)21-15-9-5-10-16-21/h4-19,24H,3H2,1-2H3/t19-,24+,25-/m1/s1. The lowest BCUT2D eigenvalue weighted by atomic mass is 9.85. The summed E-state index contributed by atoms with van der Waals surface area (Å²) in [5.41, 5.74) is 3.92. The molecule has 27 heavy (non-hydrogen) atoms. The van der Waals surface area contributed by atoms with E-state index in [1.54, 1.807) is 0 Å². The highest BCUT2D eigenvalue weighted by molar-refractivity contribution is 6.03. The van der Waals surface area contributed by atoms with Crippen molar-refractivity contribution in [2.75, 3.05) is 0 Å². The third kappa shape index (κ3) is 3.33. The van der Waals surface area contributed by atoms with Crippen LogP contribution >= 0.6 is 0 Å². The lowest BCUT2D eigenvalue weighted by Gasteiger charge is -2.42. The van der Waals surface area contributed by atoms with Crippen molar-refractivity contribution in [1.82, 2.24) is 0 Å². The van der Waals surface area contributed by atoms with E-state index in [2.05, 4.69) is 86.6 Å². The fourth-order valence-electron chi connectivity index (χ4n) is 3.91. The predicted octanol–water partition coefficient (Wildman–Crippen LogP) is 6.15. The van der Waals surface area contributed by atoms with Gasteiger partial charge in [0, 0.05) is 11.5 Å². The van der Waals surface area contributed by atoms with E-state index in [0.29, 0.717) is 0 Å². The van der Waals surface area contributed by atoms with E-state index in [1.165, 1.54) is 11.1 Å². The molecule has 1 aliphatic heterocycles. The number of rotatable bonds is 4. The molecular weight excluding hydrogens is 330 g/mol. The predicted molar refractivity (Wildman–Crippen MR) is 111 cm³/mol. The molecule has 0 amide bonds. The van der Waals surface area contributed by atoms with Crippen LogP contribution in [0.1, 0.15) is 43.1 Å². The van der Waals surface area contributed by atoms with Gasteiger partial charge in [0.15, 0.2) is 5.72 Å². The summed E-state index contributed by atoms with van der Waals surface area (Å²) < 4.78 is 6.77. The average Bonchev–Trinajstić information content (AvgIpc) is 2.76. The van der Waals surface area contributed by atoms with Crippen molar-refractivity contribution in [2.45, 2.75) is 32.1 Å². The Balaban J connectivity index is 1.89. The van der Waals surface area contributed by atoms with Gasteiger partial charge in [-0.25, -0.2) is 0 Å². The van der Waals surface area contributed by atoms with Gasteiger partial charge in [-0.05, 0) is 17.5 Å². The van der Waals surface area contributed by atoms with Gasteiger partial charge in [-0.15, -0.1) is 0 Å². The van der Waals surface area contributed by atoms with Crippen LogP contribution in [0.3, 0.4) is 0 Å². The molecule has 0 aromatic heterocycles. The second-order valence-corrected chi connectivity index (χ2v) is 7.10. The maximum Gasteiger partial charge on any atom is 0.185 e. The van der Waals surface area contributed by atoms with E-state index < -0.39 is 5.72 Å². The topological polar surface area (TPSA) is 21.6 Å². The molecule has 2 nitrogen and oxygen atoms in total. The summed E-state index contributed by atoms with van der Waals surface area (Å²) in [6, 6.07) is 31.4. The number of nitrogens with zero attached hydrogens (tertiary/aromatic N) is 1. The molecule has 0 aliphatic carbocycles. The minimum Gasteiger partial charge on any atom is -0.341 e. The van der Waals surface area contributed by atoms with Gasteiger partial charge < -0.3 is 4.74 Å². The SMILES string of the molecule is CC[C@@]1(c2ccccc2)N=C(c2ccccc2)[C@@H](C)[C@@H](c2ccccc2)O1. The van der Waals surface area contributed by atoms with Crippen molar-refractivity contribution in [3.05, 3.63) is 108 Å². The van der Waals surface area contributed by atoms with E-state index in [0.717, 1.165) is 17.7 Å². The lowest BCUT2D eigenvalue weighted by molar-refractivity contribution is -0.120. The van der Waals surface area contributed by atoms with Crippen LogP contribution in [0.15, 0.2) is 96.0 Å². The highest BCUT2D eigenvalue weighted by Gasteiger charge is 2.42. The van der Waals surface area contributed by atoms with Crippen molar-refractivity contribution in [3.8, 4) is 0 Å². The summed E-state index contributed by atoms with van der Waals surface area (Å²) in [5.74, 6) is 0.165. The molecule has 4 rings (SSSR count). The van der Waals surface area contributed by atoms with Crippen LogP contribution in [0.5, 0.6) is 0 Å². The molecule has 0 radical (unpaired) electrons. The first kappa shape index (κ1) is 17.7. The zero-order valence-corrected chi connectivity index (χ0v) is 15.9. The molecule has 3 aromatic carbocycles. The average molecular weight is 355 g/mol. The van der Waals surface area contributed by atoms with E-state index in [4.69, 9.17) is 9.73 Å². The first-order chi connectivity index (χ1) is 13.2. The molecule has 0 fully saturated rings. The number of benzene rings is 3. The van der Waals surface area contributed by atoms with Gasteiger partial charge in [0.25, 0.3) is 0 Å². The van der Waals surface area contributed by atoms with Gasteiger partial charge in [0.05, 0.1) is 11.8 Å². The molecule has 1 aliphatic rings. The van der Waals surface area contributed by atoms with Crippen molar-refractivity contribution in [2.24, 2.45) is 10.9 Å². The van der Waals surface area contributed by atoms with Gasteiger partial charge in [-0.1, -0.05) is 105 Å². The third-order valence-corrected chi connectivity index (χ3v) is 5.41. The lowest BCUT2D eigenvalue weighted by Crippen LogP contribution is -2.40. The molecule has 3 atom stereocenters. The molecule has 136 valence electrons. The number of ether oxygens (including phenoxy) is 1. The van der Waals surface area contributed by atoms with Crippen LogP contribution in [0.2, 0.25) is 0 Å². The van der Waals surface area contributed by atoms with Gasteiger partial charge in [-0.3, -0.25) is 4.99 Å². The second kappa shape index (κ2) is 7.50. The fourth-order valence-corrected chi connectivity index (χ4v) is 3.91. The fraction of sp³-hybridized carbons (Fsp3) is 0.240. The first-order valence-electron chi connectivity index (χ1n) is 9.67. The maximum absolute atomic E-state index is 6.77. The Labute approximate surface area is 161 Å². The molecule has 0 bridgehead atoms. The second-order valence-electron chi connectivity index (χ2n) is 7.10. The van der Waals surface area contributed by atoms with Crippen LogP contribution in [0, 0.1) is 5.92 Å². The Morgan fingerprint density at radius 3 is 1.96 bits per heavy atom. The quantitative estimate of drug-likeness (QED) is 0.550. The summed E-state index contributed by atoms with van der Waals surface area (Å²) in [5, 5.41) is 0. The zero-order valence-electron chi connectivity index (χ0n) is 15.9. The Morgan fingerprint density at radius 2 is 1.37 bits per heavy atom. The zero-order chi connectivity index (χ0) is 18.7. The third-order valence-electron chi connectivity index (χ3n) is 5.41. The summed E-state index contributed by atoms with van der Waals surface area (Å²) in [7, 11) is 0. The number of aliphatic imine (C=N–C) groups is 1. The molecule has 0 N–H and O–H groups in total. The van der Waals surface area contributed by atoms with Crippen LogP contribution in [-0.2, 0) is 10.5 Å². The molecule has 1 heterocycles. The molecule has 3 aromatic rings. The normalized spacial score (nSPS) is 25.0. The highest BCUT2D eigenvalue weighted by Crippen LogP contribution is 2.45. The van der Waals surface area contributed by atoms with Gasteiger partial charge >= 0.3 is 0 Å². The molecular formula is C25H25NO. The van der Waals surface area contributed by atoms with Gasteiger partial charge in [-0.2, -0.15) is 0 Å². The molecule has 0 saturated carbocycles. The molecule has 0 unspecified atom stereocenters. The Kier molecular flexibility index (Phi) is 4.91. The van der Waals surface area contributed by atoms with E-state index in [-0.39, 0.29) is 12.0 Å². The first-order valence-corrected chi connectivity index (χ1v) is 9.67. The van der Waals surface area contributed by atoms with Crippen LogP contribution < -0.4 is 0 Å². The number of hydrogen-bond acceptors (Lipinski definition) is 2. The van der Waals surface area contributed by atoms with E-state index in [9.17, 15) is 0 Å². The Bertz CT molecular complexity index is 905. The Hall–Kier alpha value is -2.71. The summed E-state index contributed by atoms with van der Waals surface area (Å²) in [6.45, 7) is 4.37. The van der Waals surface area contributed by atoms with Crippen molar-refractivity contribution >= 4 is 5.71 Å². The highest BCUT2D eigenvalue weighted by atomic mass is 16.5. The maximum atomic E-state index is 6.77. The monoisotopic (exact) mass is 355 g/mol. The summed E-state index contributed by atoms with van der Waals surface area (Å²) >= 11 is 0. The minimum absolute atomic E-state index is 0.0425. The smallest absolute Gasteiger partial charge is 0.185 e. The number of hydrogen-bond donors (Lipinski definition) is 0. The van der Waals surface area contributed by atoms with Crippen molar-refractivity contribution in [3.63, 3.8) is 0 Å². The summed E-state index contributed by atoms with van der Waals surface area (Å²) in [4.78, 5) is 5.22. The van der Waals surface area contributed by atoms with E-state index in [1.807, 2.05) is 18.2 Å². The largest absolute Gasteiger partial charge is 0.341 e. The van der Waals surface area contributed by atoms with Crippen LogP contribution in [0.4, 0.5) is 0 Å². The minimum atomic E-state index is -0.667. The molecule has 0 spiro atoms. The molecule has 0 saturated heterocycles. The van der Waals surface area contributed by atoms with Gasteiger partial charge in [0.1, 0.15) is 0 Å². The van der Waals surface area contributed by atoms with Crippen LogP contribution in [-0.4, -0.2) is 5.71 Å². The Morgan fingerprint density at radius 1 is 0.815 bits per heavy atom. The van der Waals surface area contributed by atoms with E-state index >= 15 is 0 Å². The van der Waals surface area contributed by atoms with Crippen LogP contribution in [0.25, 0.3) is 0 Å². The van der Waals surface area contributed by atoms with Gasteiger partial charge in [0.2, 0.25) is 0 Å².